The summed E-state index contributed by atoms with van der Waals surface area (Å²) in [7, 11) is 0. The summed E-state index contributed by atoms with van der Waals surface area (Å²) in [4.78, 5) is 37.5. The second-order valence-corrected chi connectivity index (χ2v) is 10.8. The van der Waals surface area contributed by atoms with Gasteiger partial charge in [0.1, 0.15) is 17.2 Å². The summed E-state index contributed by atoms with van der Waals surface area (Å²) in [6.45, 7) is 7.93. The Morgan fingerprint density at radius 3 is 2.56 bits per heavy atom. The van der Waals surface area contributed by atoms with Gasteiger partial charge in [0.15, 0.2) is 0 Å². The number of pyridine rings is 1. The molecule has 12 heteroatoms. The van der Waals surface area contributed by atoms with Crippen LogP contribution in [-0.4, -0.2) is 61.3 Å². The Bertz CT molecular complexity index is 1510. The molecule has 1 aliphatic rings. The number of carbonyl (C=O) groups excluding carboxylic acids is 1. The molecular weight excluding hydrogens is 539 g/mol. The number of aromatic nitrogens is 3. The predicted octanol–water partition coefficient (Wildman–Crippen LogP) is 3.92. The first kappa shape index (κ1) is 30.2. The van der Waals surface area contributed by atoms with Gasteiger partial charge in [-0.15, -0.1) is 6.58 Å². The number of fused-ring (bicyclic) bond motifs is 1. The van der Waals surface area contributed by atoms with Crippen molar-refractivity contribution in [3.63, 3.8) is 0 Å². The summed E-state index contributed by atoms with van der Waals surface area (Å²) in [5, 5.41) is 23.1. The molecule has 1 aromatic carbocycles. The quantitative estimate of drug-likeness (QED) is 0.286. The van der Waals surface area contributed by atoms with E-state index in [9.17, 15) is 28.6 Å². The molecule has 9 nitrogen and oxygen atoms in total. The first-order valence-corrected chi connectivity index (χ1v) is 13.4. The number of piperidine rings is 1. The van der Waals surface area contributed by atoms with Gasteiger partial charge in [-0.05, 0) is 38.8 Å². The summed E-state index contributed by atoms with van der Waals surface area (Å²) >= 11 is 0. The molecular formula is C29H34F3N5O4. The first-order valence-electron chi connectivity index (χ1n) is 13.4. The highest BCUT2D eigenvalue weighted by atomic mass is 19.3. The molecule has 0 spiro atoms. The number of benzene rings is 1. The molecule has 0 aliphatic carbocycles. The van der Waals surface area contributed by atoms with Crippen molar-refractivity contribution in [2.75, 3.05) is 25.0 Å². The average molecular weight is 574 g/mol. The Morgan fingerprint density at radius 1 is 1.29 bits per heavy atom. The molecule has 1 fully saturated rings. The van der Waals surface area contributed by atoms with E-state index in [0.29, 0.717) is 48.2 Å². The van der Waals surface area contributed by atoms with E-state index in [2.05, 4.69) is 21.9 Å². The Labute approximate surface area is 235 Å². The maximum atomic E-state index is 15.6. The van der Waals surface area contributed by atoms with Crippen LogP contribution >= 0.6 is 0 Å². The molecule has 0 bridgehead atoms. The molecule has 3 heterocycles. The van der Waals surface area contributed by atoms with Gasteiger partial charge in [-0.2, -0.15) is 13.8 Å². The molecule has 4 N–H and O–H groups in total. The van der Waals surface area contributed by atoms with Gasteiger partial charge >= 0.3 is 11.6 Å². The molecule has 0 radical (unpaired) electrons. The van der Waals surface area contributed by atoms with Crippen molar-refractivity contribution in [2.24, 2.45) is 0 Å². The Balaban J connectivity index is 1.79. The number of rotatable bonds is 9. The van der Waals surface area contributed by atoms with E-state index in [1.54, 1.807) is 11.0 Å². The predicted molar refractivity (Wildman–Crippen MR) is 148 cm³/mol. The minimum Gasteiger partial charge on any atom is -0.396 e. The lowest BCUT2D eigenvalue weighted by Crippen LogP contribution is -2.41. The third-order valence-electron chi connectivity index (χ3n) is 7.52. The molecule has 0 unspecified atom stereocenters. The number of likely N-dealkylation sites (tertiary alicyclic amines) is 1. The van der Waals surface area contributed by atoms with Crippen molar-refractivity contribution in [2.45, 2.75) is 63.5 Å². The number of alkyl halides is 2. The summed E-state index contributed by atoms with van der Waals surface area (Å²) < 4.78 is 45.4. The molecule has 1 atom stereocenters. The van der Waals surface area contributed by atoms with Crippen molar-refractivity contribution in [1.29, 1.82) is 0 Å². The monoisotopic (exact) mass is 573 g/mol. The van der Waals surface area contributed by atoms with Crippen LogP contribution in [0.25, 0.3) is 10.9 Å². The van der Waals surface area contributed by atoms with Crippen LogP contribution in [0.4, 0.5) is 19.0 Å². The van der Waals surface area contributed by atoms with E-state index >= 15 is 4.39 Å². The van der Waals surface area contributed by atoms with E-state index < -0.39 is 34.6 Å². The second-order valence-electron chi connectivity index (χ2n) is 10.8. The Hall–Kier alpha value is -3.77. The van der Waals surface area contributed by atoms with Crippen LogP contribution in [0.3, 0.4) is 0 Å². The number of anilines is 1. The number of aromatic amines is 1. The lowest BCUT2D eigenvalue weighted by molar-refractivity contribution is -0.170. The van der Waals surface area contributed by atoms with Crippen LogP contribution in [-0.2, 0) is 17.1 Å². The van der Waals surface area contributed by atoms with Gasteiger partial charge in [0.25, 0.3) is 0 Å². The van der Waals surface area contributed by atoms with Gasteiger partial charge in [-0.1, -0.05) is 18.2 Å². The summed E-state index contributed by atoms with van der Waals surface area (Å²) in [6.07, 6.45) is 2.77. The van der Waals surface area contributed by atoms with Crippen molar-refractivity contribution in [1.82, 2.24) is 19.9 Å². The van der Waals surface area contributed by atoms with Crippen molar-refractivity contribution in [3.05, 3.63) is 75.7 Å². The molecule has 0 saturated carbocycles. The van der Waals surface area contributed by atoms with Gasteiger partial charge in [0, 0.05) is 55.6 Å². The maximum absolute atomic E-state index is 15.6. The minimum atomic E-state index is -3.90. The van der Waals surface area contributed by atoms with E-state index in [0.717, 1.165) is 19.9 Å². The summed E-state index contributed by atoms with van der Waals surface area (Å²) in [5.41, 5.74) is -2.96. The third kappa shape index (κ3) is 5.98. The normalized spacial score (nSPS) is 15.7. The number of carbonyl (C=O) groups is 1. The van der Waals surface area contributed by atoms with Gasteiger partial charge < -0.3 is 25.4 Å². The van der Waals surface area contributed by atoms with Crippen LogP contribution in [0.5, 0.6) is 0 Å². The Kier molecular flexibility index (Phi) is 8.55. The van der Waals surface area contributed by atoms with E-state index in [1.807, 2.05) is 0 Å². The SMILES string of the molecule is C=C[C@@H](Nc1nc(=O)[nH]c2c(CCO)nc(C3CCN(C(C)=O)CC3)cc12)c1cccc(C(F)(F)C(C)(C)O)c1F. The highest BCUT2D eigenvalue weighted by molar-refractivity contribution is 5.91. The largest absolute Gasteiger partial charge is 0.396 e. The number of amides is 1. The smallest absolute Gasteiger partial charge is 0.347 e. The molecule has 3 aromatic rings. The number of nitrogens with one attached hydrogen (secondary N) is 2. The van der Waals surface area contributed by atoms with Crippen LogP contribution in [0.2, 0.25) is 0 Å². The van der Waals surface area contributed by atoms with E-state index in [4.69, 9.17) is 4.98 Å². The van der Waals surface area contributed by atoms with Gasteiger partial charge in [-0.25, -0.2) is 9.18 Å². The maximum Gasteiger partial charge on any atom is 0.347 e. The molecule has 1 amide bonds. The van der Waals surface area contributed by atoms with Crippen molar-refractivity contribution in [3.8, 4) is 0 Å². The summed E-state index contributed by atoms with van der Waals surface area (Å²) in [5.74, 6) is -5.08. The molecule has 41 heavy (non-hydrogen) atoms. The number of halogens is 3. The zero-order valence-electron chi connectivity index (χ0n) is 23.2. The minimum absolute atomic E-state index is 0.000570. The highest BCUT2D eigenvalue weighted by Crippen LogP contribution is 2.41. The zero-order chi connectivity index (χ0) is 30.1. The average Bonchev–Trinajstić information content (AvgIpc) is 2.91. The standard InChI is InChI=1S/C29H34F3N5O4/c1-5-21(18-7-6-8-20(24(18)30)29(31,32)28(3,4)41)34-26-19-15-23(17-9-12-37(13-10-17)16(2)39)33-22(11-14-38)25(19)35-27(40)36-26/h5-8,15,17,21,38,41H,1,9-14H2,2-4H3,(H2,34,35,36,40)/t21-/m1/s1. The number of H-pyrrole nitrogens is 1. The van der Waals surface area contributed by atoms with Crippen LogP contribution < -0.4 is 11.0 Å². The number of hydrogen-bond acceptors (Lipinski definition) is 7. The fraction of sp³-hybridized carbons (Fsp3) is 0.448. The van der Waals surface area contributed by atoms with Gasteiger partial charge in [0.05, 0.1) is 22.8 Å². The van der Waals surface area contributed by atoms with E-state index in [-0.39, 0.29) is 36.2 Å². The zero-order valence-corrected chi connectivity index (χ0v) is 23.2. The van der Waals surface area contributed by atoms with Crippen LogP contribution in [0.15, 0.2) is 41.7 Å². The van der Waals surface area contributed by atoms with Crippen molar-refractivity contribution >= 4 is 22.6 Å². The van der Waals surface area contributed by atoms with Crippen LogP contribution in [0, 0.1) is 5.82 Å². The number of aliphatic hydroxyl groups is 2. The van der Waals surface area contributed by atoms with E-state index in [1.165, 1.54) is 25.1 Å². The molecule has 4 rings (SSSR count). The second kappa shape index (κ2) is 11.6. The molecule has 2 aromatic heterocycles. The van der Waals surface area contributed by atoms with Gasteiger partial charge in [-0.3, -0.25) is 9.78 Å². The molecule has 1 aliphatic heterocycles. The fourth-order valence-electron chi connectivity index (χ4n) is 5.11. The number of aliphatic hydroxyl groups excluding tert-OH is 1. The third-order valence-corrected chi connectivity index (χ3v) is 7.52. The number of hydrogen-bond donors (Lipinski definition) is 4. The highest BCUT2D eigenvalue weighted by Gasteiger charge is 2.49. The molecule has 220 valence electrons. The number of nitrogens with zero attached hydrogens (tertiary/aromatic N) is 3. The lowest BCUT2D eigenvalue weighted by Gasteiger charge is -2.31. The molecule has 1 saturated heterocycles. The van der Waals surface area contributed by atoms with Gasteiger partial charge in [0.2, 0.25) is 5.91 Å². The van der Waals surface area contributed by atoms with Crippen molar-refractivity contribution < 1.29 is 28.2 Å². The lowest BCUT2D eigenvalue weighted by atomic mass is 9.90. The fourth-order valence-corrected chi connectivity index (χ4v) is 5.11. The Morgan fingerprint density at radius 2 is 1.98 bits per heavy atom. The summed E-state index contributed by atoms with van der Waals surface area (Å²) in [6, 6.07) is 4.14. The topological polar surface area (TPSA) is 131 Å². The first-order chi connectivity index (χ1) is 19.3. The van der Waals surface area contributed by atoms with Crippen LogP contribution in [0.1, 0.15) is 68.1 Å².